The van der Waals surface area contributed by atoms with E-state index in [0.717, 1.165) is 25.0 Å². The molecule has 0 saturated carbocycles. The van der Waals surface area contributed by atoms with Gasteiger partial charge in [0, 0.05) is 12.6 Å². The van der Waals surface area contributed by atoms with E-state index in [-0.39, 0.29) is 5.82 Å². The number of hydrogen-bond donors (Lipinski definition) is 1. The van der Waals surface area contributed by atoms with Crippen LogP contribution in [0.5, 0.6) is 11.5 Å². The second-order valence-electron chi connectivity index (χ2n) is 5.81. The normalized spacial score (nSPS) is 16.7. The fraction of sp³-hybridized carbons (Fsp3) is 0.368. The van der Waals surface area contributed by atoms with Crippen molar-refractivity contribution >= 4 is 0 Å². The summed E-state index contributed by atoms with van der Waals surface area (Å²) in [5, 5.41) is 3.50. The molecule has 1 N–H and O–H groups in total. The van der Waals surface area contributed by atoms with Crippen molar-refractivity contribution in [1.82, 2.24) is 5.32 Å². The first-order valence-corrected chi connectivity index (χ1v) is 8.03. The number of rotatable bonds is 6. The van der Waals surface area contributed by atoms with Gasteiger partial charge < -0.3 is 14.8 Å². The summed E-state index contributed by atoms with van der Waals surface area (Å²) in [6.07, 6.45) is 3.18. The highest BCUT2D eigenvalue weighted by atomic mass is 19.1. The molecular weight excluding hydrogens is 293 g/mol. The largest absolute Gasteiger partial charge is 0.497 e. The lowest BCUT2D eigenvalue weighted by Crippen LogP contribution is -2.37. The van der Waals surface area contributed by atoms with E-state index in [2.05, 4.69) is 17.4 Å². The average molecular weight is 315 g/mol. The van der Waals surface area contributed by atoms with E-state index in [1.54, 1.807) is 25.3 Å². The van der Waals surface area contributed by atoms with E-state index in [4.69, 9.17) is 9.47 Å². The van der Waals surface area contributed by atoms with Gasteiger partial charge in [-0.25, -0.2) is 4.39 Å². The molecule has 0 saturated heterocycles. The summed E-state index contributed by atoms with van der Waals surface area (Å²) in [6, 6.07) is 13.2. The van der Waals surface area contributed by atoms with Gasteiger partial charge in [-0.3, -0.25) is 0 Å². The number of fused-ring (bicyclic) bond motifs is 1. The Labute approximate surface area is 136 Å². The number of nitrogens with one attached hydrogen (secondary N) is 1. The van der Waals surface area contributed by atoms with Crippen LogP contribution in [0.4, 0.5) is 4.39 Å². The summed E-state index contributed by atoms with van der Waals surface area (Å²) in [6.45, 7) is 1.17. The van der Waals surface area contributed by atoms with Gasteiger partial charge >= 0.3 is 0 Å². The van der Waals surface area contributed by atoms with Crippen molar-refractivity contribution < 1.29 is 13.9 Å². The summed E-state index contributed by atoms with van der Waals surface area (Å²) >= 11 is 0. The van der Waals surface area contributed by atoms with E-state index < -0.39 is 0 Å². The zero-order chi connectivity index (χ0) is 16.1. The molecule has 0 spiro atoms. The Morgan fingerprint density at radius 2 is 2.04 bits per heavy atom. The van der Waals surface area contributed by atoms with Crippen LogP contribution in [-0.2, 0) is 12.8 Å². The van der Waals surface area contributed by atoms with Crippen molar-refractivity contribution in [1.29, 1.82) is 0 Å². The van der Waals surface area contributed by atoms with Crippen LogP contribution in [0.25, 0.3) is 0 Å². The van der Waals surface area contributed by atoms with Crippen LogP contribution in [0.3, 0.4) is 0 Å². The van der Waals surface area contributed by atoms with Gasteiger partial charge in [-0.05, 0) is 54.7 Å². The third-order valence-electron chi connectivity index (χ3n) is 4.27. The molecule has 0 amide bonds. The third-order valence-corrected chi connectivity index (χ3v) is 4.27. The lowest BCUT2D eigenvalue weighted by molar-refractivity contribution is 0.287. The summed E-state index contributed by atoms with van der Waals surface area (Å²) in [5.41, 5.74) is 2.76. The number of methoxy groups -OCH3 is 1. The van der Waals surface area contributed by atoms with Crippen LogP contribution < -0.4 is 14.8 Å². The van der Waals surface area contributed by atoms with Crippen LogP contribution in [0.15, 0.2) is 42.5 Å². The Bertz CT molecular complexity index is 660. The highest BCUT2D eigenvalue weighted by Gasteiger charge is 2.18. The molecule has 1 atom stereocenters. The molecule has 23 heavy (non-hydrogen) atoms. The molecular formula is C19H22FNO2. The van der Waals surface area contributed by atoms with Crippen LogP contribution in [0.2, 0.25) is 0 Å². The number of aryl methyl sites for hydroxylation is 1. The molecule has 1 aliphatic rings. The Morgan fingerprint density at radius 3 is 2.87 bits per heavy atom. The third kappa shape index (κ3) is 4.02. The van der Waals surface area contributed by atoms with Gasteiger partial charge in [-0.15, -0.1) is 0 Å². The Morgan fingerprint density at radius 1 is 1.17 bits per heavy atom. The Balaban J connectivity index is 1.47. The molecule has 0 unspecified atom stereocenters. The van der Waals surface area contributed by atoms with Crippen molar-refractivity contribution in [3.63, 3.8) is 0 Å². The van der Waals surface area contributed by atoms with Gasteiger partial charge in [0.1, 0.15) is 12.4 Å². The van der Waals surface area contributed by atoms with Crippen LogP contribution in [0.1, 0.15) is 17.5 Å². The molecule has 0 aliphatic heterocycles. The van der Waals surface area contributed by atoms with Gasteiger partial charge in [0.25, 0.3) is 0 Å². The van der Waals surface area contributed by atoms with Crippen molar-refractivity contribution in [3.8, 4) is 11.5 Å². The second kappa shape index (κ2) is 7.47. The van der Waals surface area contributed by atoms with Crippen LogP contribution >= 0.6 is 0 Å². The molecule has 4 heteroatoms. The number of hydrogen-bond acceptors (Lipinski definition) is 3. The Hall–Kier alpha value is -2.07. The van der Waals surface area contributed by atoms with E-state index in [1.807, 2.05) is 6.07 Å². The molecule has 0 fully saturated rings. The molecule has 2 aromatic carbocycles. The monoisotopic (exact) mass is 315 g/mol. The first kappa shape index (κ1) is 15.8. The van der Waals surface area contributed by atoms with Crippen LogP contribution in [0, 0.1) is 5.82 Å². The van der Waals surface area contributed by atoms with Gasteiger partial charge in [-0.1, -0.05) is 18.2 Å². The lowest BCUT2D eigenvalue weighted by atomic mass is 9.88. The first-order valence-electron chi connectivity index (χ1n) is 8.03. The topological polar surface area (TPSA) is 30.5 Å². The van der Waals surface area contributed by atoms with E-state index >= 15 is 0 Å². The molecule has 0 aromatic heterocycles. The molecule has 2 aromatic rings. The summed E-state index contributed by atoms with van der Waals surface area (Å²) in [4.78, 5) is 0. The smallest absolute Gasteiger partial charge is 0.165 e. The molecule has 122 valence electrons. The molecule has 0 bridgehead atoms. The first-order chi connectivity index (χ1) is 11.3. The minimum atomic E-state index is -0.314. The quantitative estimate of drug-likeness (QED) is 0.829. The molecule has 1 aliphatic carbocycles. The summed E-state index contributed by atoms with van der Waals surface area (Å²) < 4.78 is 24.2. The van der Waals surface area contributed by atoms with Gasteiger partial charge in [0.15, 0.2) is 11.6 Å². The predicted octanol–water partition coefficient (Wildman–Crippen LogP) is 3.36. The average Bonchev–Trinajstić information content (AvgIpc) is 2.59. The highest BCUT2D eigenvalue weighted by Crippen LogP contribution is 2.25. The molecule has 0 heterocycles. The van der Waals surface area contributed by atoms with Crippen molar-refractivity contribution in [2.45, 2.75) is 25.3 Å². The highest BCUT2D eigenvalue weighted by molar-refractivity contribution is 5.37. The minimum Gasteiger partial charge on any atom is -0.497 e. The Kier molecular flexibility index (Phi) is 5.13. The zero-order valence-electron chi connectivity index (χ0n) is 13.3. The summed E-state index contributed by atoms with van der Waals surface area (Å²) in [7, 11) is 1.69. The minimum absolute atomic E-state index is 0.313. The number of benzene rings is 2. The summed E-state index contributed by atoms with van der Waals surface area (Å²) in [5.74, 6) is 0.909. The SMILES string of the molecule is COc1ccc2c(c1)C[C@H](NCCOc1ccccc1F)CC2. The molecule has 3 rings (SSSR count). The van der Waals surface area contributed by atoms with E-state index in [9.17, 15) is 4.39 Å². The predicted molar refractivity (Wildman–Crippen MR) is 88.7 cm³/mol. The number of para-hydroxylation sites is 1. The van der Waals surface area contributed by atoms with Gasteiger partial charge in [0.2, 0.25) is 0 Å². The number of halogens is 1. The maximum Gasteiger partial charge on any atom is 0.165 e. The fourth-order valence-corrected chi connectivity index (χ4v) is 3.02. The maximum absolute atomic E-state index is 13.5. The van der Waals surface area contributed by atoms with Crippen molar-refractivity contribution in [2.24, 2.45) is 0 Å². The molecule has 0 radical (unpaired) electrons. The van der Waals surface area contributed by atoms with Crippen molar-refractivity contribution in [3.05, 3.63) is 59.4 Å². The van der Waals surface area contributed by atoms with E-state index in [1.165, 1.54) is 17.2 Å². The lowest BCUT2D eigenvalue weighted by Gasteiger charge is -2.26. The molecule has 3 nitrogen and oxygen atoms in total. The zero-order valence-corrected chi connectivity index (χ0v) is 13.3. The number of ether oxygens (including phenoxy) is 2. The van der Waals surface area contributed by atoms with Gasteiger partial charge in [-0.2, -0.15) is 0 Å². The van der Waals surface area contributed by atoms with Gasteiger partial charge in [0.05, 0.1) is 7.11 Å². The van der Waals surface area contributed by atoms with E-state index in [0.29, 0.717) is 24.9 Å². The fourth-order valence-electron chi connectivity index (χ4n) is 3.02. The second-order valence-corrected chi connectivity index (χ2v) is 5.81. The van der Waals surface area contributed by atoms with Crippen molar-refractivity contribution in [2.75, 3.05) is 20.3 Å². The maximum atomic E-state index is 13.5. The van der Waals surface area contributed by atoms with Crippen LogP contribution in [-0.4, -0.2) is 26.3 Å². The standard InChI is InChI=1S/C19H22FNO2/c1-22-17-9-7-14-6-8-16(12-15(14)13-17)21-10-11-23-19-5-3-2-4-18(19)20/h2-5,7,9,13,16,21H,6,8,10-12H2,1H3/t16-/m1/s1.